The Labute approximate surface area is 615 Å². The Morgan fingerprint density at radius 2 is 1.15 bits per heavy atom. The van der Waals surface area contributed by atoms with Crippen molar-refractivity contribution in [2.45, 2.75) is 228 Å². The number of carbonyl (C=O) groups excluding carboxylic acids is 12. The third kappa shape index (κ3) is 30.8. The normalized spacial score (nSPS) is 22.5. The molecule has 0 aliphatic carbocycles. The fourth-order valence-electron chi connectivity index (χ4n) is 11.2. The predicted octanol–water partition coefficient (Wildman–Crippen LogP) is 0.314. The Hall–Kier alpha value is -9.82. The zero-order valence-electron chi connectivity index (χ0n) is 61.8. The maximum Gasteiger partial charge on any atom is 0.408 e. The zero-order valence-corrected chi connectivity index (χ0v) is 61.8. The molecule has 1 aliphatic heterocycles. The van der Waals surface area contributed by atoms with Gasteiger partial charge in [-0.1, -0.05) is 164 Å². The average molecular weight is 1470 g/mol. The highest BCUT2D eigenvalue weighted by Gasteiger charge is 2.43. The molecular weight excluding hydrogens is 1360 g/mol. The average Bonchev–Trinajstić information content (AvgIpc) is 0.812. The molecule has 4 rings (SSSR count). The van der Waals surface area contributed by atoms with Crippen LogP contribution in [-0.4, -0.2) is 190 Å². The summed E-state index contributed by atoms with van der Waals surface area (Å²) in [7, 11) is 0. The van der Waals surface area contributed by atoms with E-state index in [1.54, 1.807) is 97.0 Å². The van der Waals surface area contributed by atoms with E-state index < -0.39 is 186 Å². The van der Waals surface area contributed by atoms with Gasteiger partial charge in [-0.2, -0.15) is 0 Å². The Bertz CT molecular complexity index is 3380. The van der Waals surface area contributed by atoms with Gasteiger partial charge in [0.05, 0.1) is 31.4 Å². The van der Waals surface area contributed by atoms with Crippen molar-refractivity contribution in [3.05, 3.63) is 102 Å². The molecule has 12 amide bonds. The third-order valence-corrected chi connectivity index (χ3v) is 16.9. The summed E-state index contributed by atoms with van der Waals surface area (Å²) in [6.45, 7) is 19.6. The number of guanidine groups is 1. The van der Waals surface area contributed by atoms with E-state index in [9.17, 15) is 53.7 Å². The number of amides is 12. The van der Waals surface area contributed by atoms with E-state index in [-0.39, 0.29) is 83.0 Å². The zero-order chi connectivity index (χ0) is 77.8. The van der Waals surface area contributed by atoms with Crippen molar-refractivity contribution >= 4 is 77.0 Å². The molecule has 582 valence electrons. The number of aliphatic hydroxyl groups is 3. The summed E-state index contributed by atoms with van der Waals surface area (Å²) in [6.07, 6.45) is -1.94. The summed E-state index contributed by atoms with van der Waals surface area (Å²) in [5.41, 5.74) is 10.9. The molecule has 19 N–H and O–H groups in total. The predicted molar refractivity (Wildman–Crippen MR) is 393 cm³/mol. The van der Waals surface area contributed by atoms with E-state index in [4.69, 9.17) is 16.2 Å². The number of nitrogens with zero attached hydrogens (tertiary/aromatic N) is 2. The molecule has 14 atom stereocenters. The molecule has 0 radical (unpaired) electrons. The van der Waals surface area contributed by atoms with E-state index in [1.165, 1.54) is 57.4 Å². The molecule has 3 aromatic rings. The summed E-state index contributed by atoms with van der Waals surface area (Å²) in [6, 6.07) is 0.884. The monoisotopic (exact) mass is 1470 g/mol. The van der Waals surface area contributed by atoms with Gasteiger partial charge in [-0.3, -0.25) is 62.7 Å². The lowest BCUT2D eigenvalue weighted by Gasteiger charge is -2.35. The Kier molecular flexibility index (Phi) is 36.5. The van der Waals surface area contributed by atoms with Crippen molar-refractivity contribution in [1.29, 1.82) is 0 Å². The molecule has 1 aromatic heterocycles. The van der Waals surface area contributed by atoms with Crippen LogP contribution in [0.15, 0.2) is 90.2 Å². The van der Waals surface area contributed by atoms with E-state index >= 15 is 19.2 Å². The van der Waals surface area contributed by atoms with Crippen LogP contribution >= 0.6 is 0 Å². The molecule has 0 bridgehead atoms. The van der Waals surface area contributed by atoms with Crippen LogP contribution in [0.2, 0.25) is 0 Å². The molecule has 32 nitrogen and oxygen atoms in total. The van der Waals surface area contributed by atoms with Crippen LogP contribution in [0.25, 0.3) is 0 Å². The Balaban J connectivity index is 0.0000286. The molecule has 1 saturated heterocycles. The highest BCUT2D eigenvalue weighted by atomic mass is 16.5. The summed E-state index contributed by atoms with van der Waals surface area (Å²) >= 11 is 0. The lowest BCUT2D eigenvalue weighted by atomic mass is 9.86. The van der Waals surface area contributed by atoms with E-state index in [1.807, 2.05) is 20.8 Å². The maximum absolute atomic E-state index is 15.8. The number of benzene rings is 2. The summed E-state index contributed by atoms with van der Waals surface area (Å²) < 4.78 is 5.50. The van der Waals surface area contributed by atoms with Crippen LogP contribution in [0.4, 0.5) is 4.79 Å². The molecular formula is C73H114N16O16. The highest BCUT2D eigenvalue weighted by Crippen LogP contribution is 2.26. The standard InChI is InChI=1S/C72H110N16O16.CH4/c1-14-41(6)53-66(100)85-54(42(7)90)65(99)77-36-52(91)78-48(32-44-25-21-29-75-35-44)61(95)82-51(37-89)64(98)86-55(45-26-19-16-20-27-45)56(87-63(97)49(33-71(8,9)10)81-62(96)50(34-72(11,12)13)83-70(103)104-38-43-23-17-15-18-24-43)67(101)88-57(58(92)40(4)5)68(102)80-47(31-39(2)3)60(94)79-46(59(93)84-53)28-22-30-76-69(73)74;/h15-21,23-27,29,35,39-42,46-51,53-58,89-90,92H,14,22,28,30-34,36-38H2,1-13H3,(H,77,99)(H,78,91)(H,79,94)(H,80,102)(H,81,96)(H,82,95)(H,83,103)(H,84,93)(H,85,100)(H,86,98)(H,87,97)(H,88,101)(H4,73,74,76);1H4/t41-,42-,46+,47-,48-,49-,50+,51-,53-,54-,55+,56-,57-,58+;/m0./s1. The number of nitrogens with one attached hydrogen (secondary N) is 12. The van der Waals surface area contributed by atoms with Gasteiger partial charge in [-0.25, -0.2) is 4.79 Å². The fraction of sp³-hybridized carbons (Fsp3) is 0.589. The van der Waals surface area contributed by atoms with E-state index in [2.05, 4.69) is 73.8 Å². The molecule has 32 heteroatoms. The summed E-state index contributed by atoms with van der Waals surface area (Å²) in [5.74, 6) is -13.7. The number of carbonyl (C=O) groups is 12. The second-order valence-electron chi connectivity index (χ2n) is 29.4. The van der Waals surface area contributed by atoms with E-state index in [0.717, 1.165) is 0 Å². The minimum atomic E-state index is -2.10. The number of hydrogen-bond donors (Lipinski definition) is 17. The molecule has 105 heavy (non-hydrogen) atoms. The molecule has 2 aromatic carbocycles. The Morgan fingerprint density at radius 3 is 1.70 bits per heavy atom. The van der Waals surface area contributed by atoms with Gasteiger partial charge < -0.3 is 95.3 Å². The van der Waals surface area contributed by atoms with Crippen molar-refractivity contribution in [2.24, 2.45) is 45.0 Å². The van der Waals surface area contributed by atoms with Gasteiger partial charge >= 0.3 is 6.09 Å². The second kappa shape index (κ2) is 42.8. The number of nitrogens with two attached hydrogens (primary N) is 2. The lowest BCUT2D eigenvalue weighted by Crippen LogP contribution is -2.65. The van der Waals surface area contributed by atoms with Crippen molar-refractivity contribution < 1.29 is 77.6 Å². The van der Waals surface area contributed by atoms with Gasteiger partial charge in [0.1, 0.15) is 67.0 Å². The van der Waals surface area contributed by atoms with Gasteiger partial charge in [-0.15, -0.1) is 0 Å². The van der Waals surface area contributed by atoms with Crippen LogP contribution in [0, 0.1) is 28.6 Å². The van der Waals surface area contributed by atoms with Crippen LogP contribution < -0.4 is 75.3 Å². The number of alkyl carbamates (subject to hydrolysis) is 1. The first-order chi connectivity index (χ1) is 48.8. The van der Waals surface area contributed by atoms with Crippen LogP contribution in [0.3, 0.4) is 0 Å². The number of aromatic nitrogens is 1. The van der Waals surface area contributed by atoms with Gasteiger partial charge in [0.2, 0.25) is 65.0 Å². The second-order valence-corrected chi connectivity index (χ2v) is 29.4. The number of ether oxygens (including phenoxy) is 1. The molecule has 0 unspecified atom stereocenters. The number of aliphatic hydroxyl groups excluding tert-OH is 3. The van der Waals surface area contributed by atoms with Crippen LogP contribution in [-0.2, 0) is 70.5 Å². The fourth-order valence-corrected chi connectivity index (χ4v) is 11.2. The number of hydrogen-bond acceptors (Lipinski definition) is 18. The molecule has 0 spiro atoms. The first-order valence-electron chi connectivity index (χ1n) is 35.0. The first kappa shape index (κ1) is 89.4. The molecule has 1 fully saturated rings. The molecule has 2 heterocycles. The topological polar surface area (TPSA) is 496 Å². The maximum atomic E-state index is 15.8. The Morgan fingerprint density at radius 1 is 0.619 bits per heavy atom. The quantitative estimate of drug-likeness (QED) is 0.0326. The van der Waals surface area contributed by atoms with Gasteiger partial charge in [0.15, 0.2) is 5.96 Å². The lowest BCUT2D eigenvalue weighted by molar-refractivity contribution is -0.139. The van der Waals surface area contributed by atoms with Gasteiger partial charge in [-0.05, 0) is 90.4 Å². The van der Waals surface area contributed by atoms with Gasteiger partial charge in [0.25, 0.3) is 0 Å². The number of aliphatic imine (C=N–C) groups is 1. The van der Waals surface area contributed by atoms with Crippen molar-refractivity contribution in [1.82, 2.24) is 68.8 Å². The smallest absolute Gasteiger partial charge is 0.408 e. The number of pyridine rings is 1. The van der Waals surface area contributed by atoms with Crippen molar-refractivity contribution in [3.63, 3.8) is 0 Å². The van der Waals surface area contributed by atoms with Crippen LogP contribution in [0.1, 0.15) is 159 Å². The van der Waals surface area contributed by atoms with Crippen LogP contribution in [0.5, 0.6) is 0 Å². The first-order valence-corrected chi connectivity index (χ1v) is 35.0. The largest absolute Gasteiger partial charge is 0.445 e. The summed E-state index contributed by atoms with van der Waals surface area (Å²) in [4.78, 5) is 184. The highest BCUT2D eigenvalue weighted by molar-refractivity contribution is 6.00. The summed E-state index contributed by atoms with van der Waals surface area (Å²) in [5, 5.41) is 65.2. The minimum absolute atomic E-state index is 0. The SMILES string of the molecule is C.CC[C@H](C)[C@@H]1NC(=O)[C@@H](CCCN=C(N)N)NC(=O)[C@H](CC(C)C)NC(=O)[C@H]([C@H](O)C(C)C)NC(=O)[C@@H](NC(=O)[C@H](CC(C)(C)C)NC(=O)[C@@H](CC(C)(C)C)NC(=O)OCc2ccccc2)[C@@H](c2ccccc2)NC(=O)[C@H](CO)NC(=O)[C@H](Cc2cccnc2)NC(=O)CNC(=O)[C@H]([C@H](C)O)NC1=O. The van der Waals surface area contributed by atoms with Crippen molar-refractivity contribution in [3.8, 4) is 0 Å². The van der Waals surface area contributed by atoms with Crippen molar-refractivity contribution in [2.75, 3.05) is 19.7 Å². The van der Waals surface area contributed by atoms with E-state index in [0.29, 0.717) is 11.1 Å². The third-order valence-electron chi connectivity index (χ3n) is 16.9. The molecule has 0 saturated carbocycles. The molecule has 1 aliphatic rings. The minimum Gasteiger partial charge on any atom is -0.445 e. The number of rotatable bonds is 24. The van der Waals surface area contributed by atoms with Gasteiger partial charge in [0, 0.05) is 25.4 Å².